The highest BCUT2D eigenvalue weighted by molar-refractivity contribution is 9.10. The molecular formula is C16H22BrN3. The maximum absolute atomic E-state index is 4.66. The lowest BCUT2D eigenvalue weighted by Crippen LogP contribution is -2.09. The van der Waals surface area contributed by atoms with Gasteiger partial charge in [0.2, 0.25) is 0 Å². The second-order valence-corrected chi connectivity index (χ2v) is 5.95. The second kappa shape index (κ2) is 6.93. The molecule has 0 bridgehead atoms. The summed E-state index contributed by atoms with van der Waals surface area (Å²) < 4.78 is 3.17. The first-order chi connectivity index (χ1) is 9.63. The molecule has 20 heavy (non-hydrogen) atoms. The van der Waals surface area contributed by atoms with E-state index < -0.39 is 0 Å². The maximum atomic E-state index is 4.66. The average Bonchev–Trinajstić information content (AvgIpc) is 2.90. The zero-order valence-electron chi connectivity index (χ0n) is 12.4. The van der Waals surface area contributed by atoms with Gasteiger partial charge < -0.3 is 5.32 Å². The van der Waals surface area contributed by atoms with Crippen LogP contribution >= 0.6 is 15.9 Å². The summed E-state index contributed by atoms with van der Waals surface area (Å²) in [5.41, 5.74) is 3.44. The number of nitrogens with one attached hydrogen (secondary N) is 1. The predicted octanol–water partition coefficient (Wildman–Crippen LogP) is 4.93. The molecule has 0 unspecified atom stereocenters. The molecule has 0 saturated carbocycles. The summed E-state index contributed by atoms with van der Waals surface area (Å²) in [6, 6.07) is 8.91. The minimum atomic E-state index is 0.509. The monoisotopic (exact) mass is 335 g/mol. The van der Waals surface area contributed by atoms with E-state index in [2.05, 4.69) is 82.3 Å². The largest absolute Gasteiger partial charge is 0.378 e. The van der Waals surface area contributed by atoms with Gasteiger partial charge in [-0.05, 0) is 59.5 Å². The molecule has 1 N–H and O–H groups in total. The fourth-order valence-electron chi connectivity index (χ4n) is 2.30. The van der Waals surface area contributed by atoms with E-state index in [1.54, 1.807) is 0 Å². The van der Waals surface area contributed by atoms with E-state index in [4.69, 9.17) is 0 Å². The van der Waals surface area contributed by atoms with E-state index in [9.17, 15) is 0 Å². The van der Waals surface area contributed by atoms with Crippen molar-refractivity contribution < 1.29 is 0 Å². The molecule has 2 aromatic rings. The van der Waals surface area contributed by atoms with Crippen LogP contribution in [0.25, 0.3) is 0 Å². The van der Waals surface area contributed by atoms with Crippen LogP contribution in [-0.4, -0.2) is 9.78 Å². The van der Waals surface area contributed by atoms with Gasteiger partial charge in [0.25, 0.3) is 0 Å². The number of anilines is 1. The van der Waals surface area contributed by atoms with Gasteiger partial charge in [-0.25, -0.2) is 0 Å². The first-order valence-corrected chi connectivity index (χ1v) is 7.97. The van der Waals surface area contributed by atoms with Crippen molar-refractivity contribution in [2.45, 2.75) is 46.2 Å². The Morgan fingerprint density at radius 2 is 2.00 bits per heavy atom. The minimum absolute atomic E-state index is 0.509. The number of hydrogen-bond acceptors (Lipinski definition) is 2. The van der Waals surface area contributed by atoms with Crippen LogP contribution in [0, 0.1) is 6.92 Å². The summed E-state index contributed by atoms with van der Waals surface area (Å²) in [6.07, 6.45) is 4.32. The number of hydrogen-bond donors (Lipinski definition) is 1. The molecule has 0 fully saturated rings. The normalized spacial score (nSPS) is 11.1. The van der Waals surface area contributed by atoms with E-state index in [0.717, 1.165) is 35.2 Å². The van der Waals surface area contributed by atoms with E-state index in [0.29, 0.717) is 6.04 Å². The molecule has 108 valence electrons. The lowest BCUT2D eigenvalue weighted by molar-refractivity contribution is 0.426. The summed E-state index contributed by atoms with van der Waals surface area (Å²) in [5.74, 6) is 0. The molecule has 1 aromatic carbocycles. The molecular weight excluding hydrogens is 314 g/mol. The summed E-state index contributed by atoms with van der Waals surface area (Å²) in [7, 11) is 0. The second-order valence-electron chi connectivity index (χ2n) is 5.09. The Hall–Kier alpha value is -1.29. The van der Waals surface area contributed by atoms with Crippen molar-refractivity contribution in [3.63, 3.8) is 0 Å². The number of benzene rings is 1. The highest BCUT2D eigenvalue weighted by Crippen LogP contribution is 2.24. The standard InChI is InChI=1S/C16H22BrN3/c1-4-14(5-2)20-9-8-13(19-20)11-18-16-10-12(3)6-7-15(16)17/h6-10,14,18H,4-5,11H2,1-3H3. The SMILES string of the molecule is CCC(CC)n1ccc(CNc2cc(C)ccc2Br)n1. The van der Waals surface area contributed by atoms with Gasteiger partial charge in [-0.1, -0.05) is 19.9 Å². The molecule has 0 spiro atoms. The number of halogens is 1. The van der Waals surface area contributed by atoms with E-state index >= 15 is 0 Å². The fraction of sp³-hybridized carbons (Fsp3) is 0.438. The quantitative estimate of drug-likeness (QED) is 0.811. The molecule has 4 heteroatoms. The van der Waals surface area contributed by atoms with Crippen LogP contribution in [0.3, 0.4) is 0 Å². The topological polar surface area (TPSA) is 29.9 Å². The van der Waals surface area contributed by atoms with Crippen molar-refractivity contribution in [1.82, 2.24) is 9.78 Å². The lowest BCUT2D eigenvalue weighted by atomic mass is 10.2. The van der Waals surface area contributed by atoms with Crippen LogP contribution in [0.1, 0.15) is 44.0 Å². The Labute approximate surface area is 129 Å². The zero-order valence-corrected chi connectivity index (χ0v) is 13.9. The molecule has 0 aliphatic heterocycles. The molecule has 1 aromatic heterocycles. The van der Waals surface area contributed by atoms with Crippen molar-refractivity contribution in [3.8, 4) is 0 Å². The summed E-state index contributed by atoms with van der Waals surface area (Å²) in [6.45, 7) is 7.25. The highest BCUT2D eigenvalue weighted by Gasteiger charge is 2.08. The smallest absolute Gasteiger partial charge is 0.0815 e. The first-order valence-electron chi connectivity index (χ1n) is 7.18. The van der Waals surface area contributed by atoms with Crippen molar-refractivity contribution in [1.29, 1.82) is 0 Å². The molecule has 0 aliphatic rings. The third-order valence-electron chi connectivity index (χ3n) is 3.56. The predicted molar refractivity (Wildman–Crippen MR) is 88.1 cm³/mol. The van der Waals surface area contributed by atoms with Gasteiger partial charge in [0.1, 0.15) is 0 Å². The van der Waals surface area contributed by atoms with Crippen molar-refractivity contribution >= 4 is 21.6 Å². The Balaban J connectivity index is 2.02. The van der Waals surface area contributed by atoms with Gasteiger partial charge in [0, 0.05) is 16.4 Å². The van der Waals surface area contributed by atoms with Gasteiger partial charge in [-0.15, -0.1) is 0 Å². The molecule has 0 aliphatic carbocycles. The first kappa shape index (κ1) is 15.1. The zero-order chi connectivity index (χ0) is 14.5. The Bertz CT molecular complexity index is 559. The van der Waals surface area contributed by atoms with E-state index in [-0.39, 0.29) is 0 Å². The van der Waals surface area contributed by atoms with Crippen LogP contribution in [0.2, 0.25) is 0 Å². The molecule has 0 saturated heterocycles. The number of aryl methyl sites for hydroxylation is 1. The number of nitrogens with zero attached hydrogens (tertiary/aromatic N) is 2. The molecule has 0 atom stereocenters. The van der Waals surface area contributed by atoms with Gasteiger partial charge in [0.05, 0.1) is 18.3 Å². The van der Waals surface area contributed by atoms with Gasteiger partial charge in [0.15, 0.2) is 0 Å². The molecule has 0 amide bonds. The van der Waals surface area contributed by atoms with Crippen molar-refractivity contribution in [3.05, 3.63) is 46.2 Å². The van der Waals surface area contributed by atoms with Gasteiger partial charge in [-0.3, -0.25) is 4.68 Å². The maximum Gasteiger partial charge on any atom is 0.0815 e. The van der Waals surface area contributed by atoms with Crippen molar-refractivity contribution in [2.75, 3.05) is 5.32 Å². The minimum Gasteiger partial charge on any atom is -0.378 e. The van der Waals surface area contributed by atoms with E-state index in [1.807, 2.05) is 0 Å². The molecule has 0 radical (unpaired) electrons. The van der Waals surface area contributed by atoms with Crippen LogP contribution in [0.15, 0.2) is 34.9 Å². The highest BCUT2D eigenvalue weighted by atomic mass is 79.9. The third kappa shape index (κ3) is 3.63. The van der Waals surface area contributed by atoms with Crippen molar-refractivity contribution in [2.24, 2.45) is 0 Å². The molecule has 2 rings (SSSR count). The summed E-state index contributed by atoms with van der Waals surface area (Å²) in [4.78, 5) is 0. The molecule has 3 nitrogen and oxygen atoms in total. The van der Waals surface area contributed by atoms with Crippen LogP contribution < -0.4 is 5.32 Å². The Morgan fingerprint density at radius 1 is 1.25 bits per heavy atom. The van der Waals surface area contributed by atoms with Crippen LogP contribution in [-0.2, 0) is 6.54 Å². The Kier molecular flexibility index (Phi) is 5.24. The lowest BCUT2D eigenvalue weighted by Gasteiger charge is -2.12. The van der Waals surface area contributed by atoms with Gasteiger partial charge >= 0.3 is 0 Å². The molecule has 1 heterocycles. The number of aromatic nitrogens is 2. The Morgan fingerprint density at radius 3 is 2.70 bits per heavy atom. The third-order valence-corrected chi connectivity index (χ3v) is 4.25. The van der Waals surface area contributed by atoms with Crippen LogP contribution in [0.4, 0.5) is 5.69 Å². The van der Waals surface area contributed by atoms with Crippen LogP contribution in [0.5, 0.6) is 0 Å². The van der Waals surface area contributed by atoms with E-state index in [1.165, 1.54) is 5.56 Å². The summed E-state index contributed by atoms with van der Waals surface area (Å²) in [5, 5.41) is 8.09. The number of rotatable bonds is 6. The fourth-order valence-corrected chi connectivity index (χ4v) is 2.69. The average molecular weight is 336 g/mol. The van der Waals surface area contributed by atoms with Gasteiger partial charge in [-0.2, -0.15) is 5.10 Å². The summed E-state index contributed by atoms with van der Waals surface area (Å²) >= 11 is 3.57.